The van der Waals surface area contributed by atoms with Crippen LogP contribution in [0.5, 0.6) is 23.0 Å². The molecule has 0 bridgehead atoms. The van der Waals surface area contributed by atoms with Crippen LogP contribution in [0.2, 0.25) is 0 Å². The fourth-order valence-electron chi connectivity index (χ4n) is 9.33. The molecule has 6 unspecified atom stereocenters. The number of rotatable bonds is 23. The van der Waals surface area contributed by atoms with E-state index in [4.69, 9.17) is 18.9 Å². The average Bonchev–Trinajstić information content (AvgIpc) is 4.09. The molecule has 336 valence electrons. The minimum Gasteiger partial charge on any atom is -0.497 e. The molecule has 3 saturated heterocycles. The molecule has 6 atom stereocenters. The van der Waals surface area contributed by atoms with E-state index in [9.17, 15) is 34.5 Å². The van der Waals surface area contributed by atoms with Crippen LogP contribution in [-0.4, -0.2) is 118 Å². The van der Waals surface area contributed by atoms with Crippen molar-refractivity contribution >= 4 is 23.8 Å². The van der Waals surface area contributed by atoms with E-state index in [1.54, 1.807) is 38.4 Å². The summed E-state index contributed by atoms with van der Waals surface area (Å²) < 4.78 is 23.2. The van der Waals surface area contributed by atoms with Gasteiger partial charge in [-0.25, -0.2) is 0 Å². The first-order chi connectivity index (χ1) is 29.9. The Hall–Kier alpha value is -5.38. The highest BCUT2D eigenvalue weighted by atomic mass is 16.5. The number of carbonyl (C=O) groups is 4. The Balaban J connectivity index is 1.25. The van der Waals surface area contributed by atoms with Gasteiger partial charge in [0.15, 0.2) is 0 Å². The van der Waals surface area contributed by atoms with Crippen molar-refractivity contribution in [2.24, 2.45) is 35.5 Å². The van der Waals surface area contributed by atoms with E-state index in [2.05, 4.69) is 16.0 Å². The minimum absolute atomic E-state index is 0.00223. The maximum Gasteiger partial charge on any atom is 0.307 e. The van der Waals surface area contributed by atoms with Gasteiger partial charge in [-0.2, -0.15) is 0 Å². The summed E-state index contributed by atoms with van der Waals surface area (Å²) in [5.41, 5.74) is 3.76. The summed E-state index contributed by atoms with van der Waals surface area (Å²) in [6, 6.07) is 16.5. The lowest BCUT2D eigenvalue weighted by atomic mass is 9.85. The fraction of sp³-hybridized carbons (Fsp3) is 0.532. The first-order valence-corrected chi connectivity index (χ1v) is 21.7. The number of hydrogen-bond donors (Lipinski definition) is 6. The molecule has 3 aliphatic heterocycles. The zero-order chi connectivity index (χ0) is 44.2. The van der Waals surface area contributed by atoms with Crippen LogP contribution in [-0.2, 0) is 51.4 Å². The largest absolute Gasteiger partial charge is 0.497 e. The van der Waals surface area contributed by atoms with E-state index in [1.807, 2.05) is 42.5 Å². The Morgan fingerprint density at radius 2 is 0.952 bits per heavy atom. The molecule has 0 spiro atoms. The van der Waals surface area contributed by atoms with Crippen LogP contribution in [0.3, 0.4) is 0 Å². The molecule has 6 rings (SSSR count). The summed E-state index contributed by atoms with van der Waals surface area (Å²) in [5.74, 6) is -2.41. The predicted molar refractivity (Wildman–Crippen MR) is 231 cm³/mol. The third-order valence-electron chi connectivity index (χ3n) is 12.7. The van der Waals surface area contributed by atoms with Crippen LogP contribution in [0.25, 0.3) is 0 Å². The van der Waals surface area contributed by atoms with Gasteiger partial charge in [0.25, 0.3) is 0 Å². The number of hydrogen-bond acceptors (Lipinski definition) is 11. The molecule has 3 heterocycles. The molecular weight excluding hydrogens is 797 g/mol. The molecule has 1 amide bonds. The van der Waals surface area contributed by atoms with E-state index in [0.717, 1.165) is 61.2 Å². The number of carbonyl (C=O) groups excluding carboxylic acids is 1. The van der Waals surface area contributed by atoms with Crippen LogP contribution in [0, 0.1) is 35.5 Å². The molecule has 6 N–H and O–H groups in total. The monoisotopic (exact) mass is 858 g/mol. The van der Waals surface area contributed by atoms with Gasteiger partial charge in [0.1, 0.15) is 29.6 Å². The van der Waals surface area contributed by atoms with Crippen molar-refractivity contribution in [1.29, 1.82) is 0 Å². The van der Waals surface area contributed by atoms with Crippen molar-refractivity contribution < 1.29 is 53.4 Å². The lowest BCUT2D eigenvalue weighted by molar-refractivity contribution is -0.144. The summed E-state index contributed by atoms with van der Waals surface area (Å²) in [7, 11) is 4.64. The van der Waals surface area contributed by atoms with Gasteiger partial charge in [0, 0.05) is 12.6 Å². The minimum atomic E-state index is -0.853. The van der Waals surface area contributed by atoms with E-state index in [-0.39, 0.29) is 49.8 Å². The summed E-state index contributed by atoms with van der Waals surface area (Å²) in [6.07, 6.45) is 3.26. The normalized spacial score (nSPS) is 20.0. The molecule has 0 radical (unpaired) electrons. The number of amides is 1. The molecule has 3 fully saturated rings. The van der Waals surface area contributed by atoms with Crippen LogP contribution in [0.4, 0.5) is 0 Å². The SMILES string of the molecule is COc1cc(CC(=O)N(CCOc2cc(CC(C(=O)O)C3CCNC3)cc(OC)c2)Cc2cc(CC(C(=O)O)C3CCNC3)cc(OC)c2)cc(CC(C(=O)O)C2CCNC2)c1. The number of nitrogens with one attached hydrogen (secondary N) is 3. The number of ether oxygens (including phenoxy) is 4. The van der Waals surface area contributed by atoms with Gasteiger partial charge >= 0.3 is 17.9 Å². The lowest BCUT2D eigenvalue weighted by Gasteiger charge is -2.25. The topological polar surface area (TPSA) is 205 Å². The van der Waals surface area contributed by atoms with Crippen LogP contribution < -0.4 is 34.9 Å². The highest BCUT2D eigenvalue weighted by molar-refractivity contribution is 5.79. The van der Waals surface area contributed by atoms with E-state index in [1.165, 1.54) is 0 Å². The van der Waals surface area contributed by atoms with Crippen molar-refractivity contribution in [3.8, 4) is 23.0 Å². The summed E-state index contributed by atoms with van der Waals surface area (Å²) in [6.45, 7) is 4.71. The van der Waals surface area contributed by atoms with E-state index in [0.29, 0.717) is 67.5 Å². The number of carboxylic acids is 3. The summed E-state index contributed by atoms with van der Waals surface area (Å²) >= 11 is 0. The van der Waals surface area contributed by atoms with Crippen molar-refractivity contribution in [3.05, 3.63) is 82.4 Å². The Bertz CT molecular complexity index is 2010. The summed E-state index contributed by atoms with van der Waals surface area (Å²) in [4.78, 5) is 53.3. The van der Waals surface area contributed by atoms with Crippen LogP contribution in [0.1, 0.15) is 47.1 Å². The first kappa shape index (κ1) is 46.1. The number of methoxy groups -OCH3 is 3. The molecule has 3 aromatic carbocycles. The standard InChI is InChI=1S/C47H62N4O11/c1-59-37-14-29(20-41(45(53)54)34-4-7-48-25-34)12-31(16-37)23-44(52)51(28-33-13-30(15-38(19-33)60-2)21-42(46(55)56)35-5-8-49-26-35)10-11-62-40-18-32(17-39(24-40)61-3)22-43(47(57)58)36-6-9-50-27-36/h12-19,24,34-36,41-43,48-50H,4-11,20-23,25-28H2,1-3H3,(H,53,54)(H,55,56)(H,57,58). The molecule has 15 heteroatoms. The Morgan fingerprint density at radius 1 is 0.565 bits per heavy atom. The summed E-state index contributed by atoms with van der Waals surface area (Å²) in [5, 5.41) is 40.2. The second kappa shape index (κ2) is 22.1. The van der Waals surface area contributed by atoms with Crippen molar-refractivity contribution in [3.63, 3.8) is 0 Å². The molecule has 3 aromatic rings. The van der Waals surface area contributed by atoms with Gasteiger partial charge in [-0.15, -0.1) is 0 Å². The first-order valence-electron chi connectivity index (χ1n) is 21.7. The van der Waals surface area contributed by atoms with Gasteiger partial charge in [0.05, 0.1) is 52.0 Å². The highest BCUT2D eigenvalue weighted by Crippen LogP contribution is 2.31. The molecular formula is C47H62N4O11. The van der Waals surface area contributed by atoms with E-state index >= 15 is 0 Å². The maximum atomic E-state index is 14.5. The molecule has 15 nitrogen and oxygen atoms in total. The third kappa shape index (κ3) is 12.6. The Morgan fingerprint density at radius 3 is 1.37 bits per heavy atom. The third-order valence-corrected chi connectivity index (χ3v) is 12.7. The van der Waals surface area contributed by atoms with Gasteiger partial charge < -0.3 is 55.1 Å². The number of nitrogens with zero attached hydrogens (tertiary/aromatic N) is 1. The van der Waals surface area contributed by atoms with Gasteiger partial charge in [0.2, 0.25) is 5.91 Å². The van der Waals surface area contributed by atoms with Crippen molar-refractivity contribution in [2.45, 2.75) is 51.5 Å². The molecule has 3 aliphatic rings. The van der Waals surface area contributed by atoms with E-state index < -0.39 is 35.7 Å². The molecule has 0 saturated carbocycles. The van der Waals surface area contributed by atoms with Gasteiger partial charge in [-0.3, -0.25) is 19.2 Å². The van der Waals surface area contributed by atoms with Crippen molar-refractivity contribution in [1.82, 2.24) is 20.9 Å². The Kier molecular flexibility index (Phi) is 16.5. The zero-order valence-corrected chi connectivity index (χ0v) is 36.0. The molecule has 62 heavy (non-hydrogen) atoms. The van der Waals surface area contributed by atoms with Gasteiger partial charge in [-0.1, -0.05) is 12.1 Å². The molecule has 0 aromatic heterocycles. The lowest BCUT2D eigenvalue weighted by Crippen LogP contribution is -2.35. The maximum absolute atomic E-state index is 14.5. The predicted octanol–water partition coefficient (Wildman–Crippen LogP) is 3.92. The fourth-order valence-corrected chi connectivity index (χ4v) is 9.33. The molecule has 0 aliphatic carbocycles. The Labute approximate surface area is 363 Å². The van der Waals surface area contributed by atoms with Crippen molar-refractivity contribution in [2.75, 3.05) is 73.7 Å². The number of carboxylic acid groups (broad SMARTS) is 3. The van der Waals surface area contributed by atoms with Crippen LogP contribution in [0.15, 0.2) is 54.6 Å². The second-order valence-corrected chi connectivity index (χ2v) is 16.9. The highest BCUT2D eigenvalue weighted by Gasteiger charge is 2.33. The van der Waals surface area contributed by atoms with Gasteiger partial charge in [-0.05, 0) is 160 Å². The average molecular weight is 859 g/mol. The zero-order valence-electron chi connectivity index (χ0n) is 36.0. The smallest absolute Gasteiger partial charge is 0.307 e. The number of benzene rings is 3. The second-order valence-electron chi connectivity index (χ2n) is 16.9. The quantitative estimate of drug-likeness (QED) is 0.0801. The van der Waals surface area contributed by atoms with Crippen LogP contribution >= 0.6 is 0 Å². The number of aliphatic carboxylic acids is 3.